The molecule has 5 nitrogen and oxygen atoms in total. The molecule has 0 amide bonds. The fourth-order valence-electron chi connectivity index (χ4n) is 2.55. The molecule has 0 aliphatic carbocycles. The van der Waals surface area contributed by atoms with E-state index in [4.69, 9.17) is 0 Å². The van der Waals surface area contributed by atoms with Gasteiger partial charge in [0.05, 0.1) is 4.92 Å². The summed E-state index contributed by atoms with van der Waals surface area (Å²) in [6, 6.07) is 4.96. The summed E-state index contributed by atoms with van der Waals surface area (Å²) >= 11 is 0. The van der Waals surface area contributed by atoms with E-state index in [1.807, 2.05) is 6.92 Å². The summed E-state index contributed by atoms with van der Waals surface area (Å²) in [7, 11) is 0. The zero-order valence-electron chi connectivity index (χ0n) is 12.3. The third-order valence-electron chi connectivity index (χ3n) is 4.05. The molecule has 1 fully saturated rings. The standard InChI is InChI=1S/C15H23N3O2/c1-12-5-8-17(9-6-12)10-7-16-15-11-14(18(19)20)4-3-13(15)2/h3-4,11-12,16H,5-10H2,1-2H3. The third kappa shape index (κ3) is 3.93. The van der Waals surface area contributed by atoms with Crippen molar-refractivity contribution < 1.29 is 4.92 Å². The lowest BCUT2D eigenvalue weighted by molar-refractivity contribution is -0.384. The van der Waals surface area contributed by atoms with Crippen molar-refractivity contribution in [2.24, 2.45) is 5.92 Å². The van der Waals surface area contributed by atoms with E-state index in [2.05, 4.69) is 17.1 Å². The average molecular weight is 277 g/mol. The lowest BCUT2D eigenvalue weighted by atomic mass is 9.99. The SMILES string of the molecule is Cc1ccc([N+](=O)[O-])cc1NCCN1CCC(C)CC1. The van der Waals surface area contributed by atoms with Gasteiger partial charge >= 0.3 is 0 Å². The summed E-state index contributed by atoms with van der Waals surface area (Å²) in [5.41, 5.74) is 2.05. The van der Waals surface area contributed by atoms with Crippen LogP contribution in [0.1, 0.15) is 25.3 Å². The Balaban J connectivity index is 1.84. The van der Waals surface area contributed by atoms with Gasteiger partial charge in [-0.25, -0.2) is 0 Å². The van der Waals surface area contributed by atoms with Crippen molar-refractivity contribution in [1.82, 2.24) is 4.90 Å². The Hall–Kier alpha value is -1.62. The zero-order chi connectivity index (χ0) is 14.5. The number of piperidine rings is 1. The molecule has 0 aromatic heterocycles. The number of hydrogen-bond acceptors (Lipinski definition) is 4. The molecule has 20 heavy (non-hydrogen) atoms. The number of anilines is 1. The molecule has 0 radical (unpaired) electrons. The summed E-state index contributed by atoms with van der Waals surface area (Å²) in [5, 5.41) is 14.1. The minimum atomic E-state index is -0.351. The number of nitrogens with zero attached hydrogens (tertiary/aromatic N) is 2. The van der Waals surface area contributed by atoms with E-state index in [1.165, 1.54) is 12.8 Å². The van der Waals surface area contributed by atoms with Gasteiger partial charge in [0.25, 0.3) is 5.69 Å². The number of benzene rings is 1. The summed E-state index contributed by atoms with van der Waals surface area (Å²) in [5.74, 6) is 0.846. The number of hydrogen-bond donors (Lipinski definition) is 1. The first kappa shape index (κ1) is 14.8. The monoisotopic (exact) mass is 277 g/mol. The van der Waals surface area contributed by atoms with Gasteiger partial charge in [0.1, 0.15) is 0 Å². The normalized spacial score (nSPS) is 17.1. The molecule has 1 saturated heterocycles. The quantitative estimate of drug-likeness (QED) is 0.664. The second-order valence-corrected chi connectivity index (χ2v) is 5.71. The van der Waals surface area contributed by atoms with Crippen molar-refractivity contribution in [3.8, 4) is 0 Å². The van der Waals surface area contributed by atoms with Gasteiger partial charge in [-0.15, -0.1) is 0 Å². The van der Waals surface area contributed by atoms with Crippen molar-refractivity contribution >= 4 is 11.4 Å². The predicted octanol–water partition coefficient (Wildman–Crippen LogP) is 3.05. The van der Waals surface area contributed by atoms with Crippen molar-refractivity contribution in [3.05, 3.63) is 33.9 Å². The number of nitrogens with one attached hydrogen (secondary N) is 1. The van der Waals surface area contributed by atoms with Crippen LogP contribution in [0, 0.1) is 23.0 Å². The molecule has 0 spiro atoms. The molecule has 110 valence electrons. The Labute approximate surface area is 120 Å². The highest BCUT2D eigenvalue weighted by Gasteiger charge is 2.15. The van der Waals surface area contributed by atoms with Gasteiger partial charge in [-0.1, -0.05) is 13.0 Å². The molecule has 1 aliphatic heterocycles. The molecule has 1 aromatic carbocycles. The molecule has 0 bridgehead atoms. The lowest BCUT2D eigenvalue weighted by Gasteiger charge is -2.30. The van der Waals surface area contributed by atoms with Gasteiger partial charge in [-0.05, 0) is 44.3 Å². The number of rotatable bonds is 5. The van der Waals surface area contributed by atoms with E-state index in [9.17, 15) is 10.1 Å². The summed E-state index contributed by atoms with van der Waals surface area (Å²) in [6.45, 7) is 8.43. The number of likely N-dealkylation sites (tertiary alicyclic amines) is 1. The molecular formula is C15H23N3O2. The Morgan fingerprint density at radius 3 is 2.75 bits per heavy atom. The summed E-state index contributed by atoms with van der Waals surface area (Å²) < 4.78 is 0. The number of non-ortho nitro benzene ring substituents is 1. The topological polar surface area (TPSA) is 58.4 Å². The van der Waals surface area contributed by atoms with Crippen LogP contribution in [0.4, 0.5) is 11.4 Å². The van der Waals surface area contributed by atoms with E-state index in [0.29, 0.717) is 0 Å². The minimum Gasteiger partial charge on any atom is -0.383 e. The first-order valence-electron chi connectivity index (χ1n) is 7.27. The van der Waals surface area contributed by atoms with Crippen LogP contribution >= 0.6 is 0 Å². The molecule has 1 heterocycles. The predicted molar refractivity (Wildman–Crippen MR) is 81.2 cm³/mol. The smallest absolute Gasteiger partial charge is 0.271 e. The van der Waals surface area contributed by atoms with Crippen LogP contribution < -0.4 is 5.32 Å². The maximum absolute atomic E-state index is 10.8. The van der Waals surface area contributed by atoms with E-state index >= 15 is 0 Å². The second-order valence-electron chi connectivity index (χ2n) is 5.71. The Morgan fingerprint density at radius 2 is 2.10 bits per heavy atom. The van der Waals surface area contributed by atoms with Gasteiger partial charge in [-0.3, -0.25) is 10.1 Å². The fourth-order valence-corrected chi connectivity index (χ4v) is 2.55. The highest BCUT2D eigenvalue weighted by atomic mass is 16.6. The van der Waals surface area contributed by atoms with E-state index in [1.54, 1.807) is 18.2 Å². The zero-order valence-corrected chi connectivity index (χ0v) is 12.3. The highest BCUT2D eigenvalue weighted by Crippen LogP contribution is 2.22. The molecule has 1 N–H and O–H groups in total. The number of nitro groups is 1. The highest BCUT2D eigenvalue weighted by molar-refractivity contribution is 5.56. The number of aryl methyl sites for hydroxylation is 1. The minimum absolute atomic E-state index is 0.143. The molecular weight excluding hydrogens is 254 g/mol. The molecule has 1 aliphatic rings. The van der Waals surface area contributed by atoms with Crippen LogP contribution in [0.2, 0.25) is 0 Å². The molecule has 0 unspecified atom stereocenters. The van der Waals surface area contributed by atoms with Gasteiger partial charge in [0.15, 0.2) is 0 Å². The van der Waals surface area contributed by atoms with Crippen LogP contribution in [0.25, 0.3) is 0 Å². The summed E-state index contributed by atoms with van der Waals surface area (Å²) in [6.07, 6.45) is 2.55. The van der Waals surface area contributed by atoms with Crippen molar-refractivity contribution in [1.29, 1.82) is 0 Å². The second kappa shape index (κ2) is 6.70. The molecule has 0 atom stereocenters. The van der Waals surface area contributed by atoms with E-state index < -0.39 is 0 Å². The molecule has 2 rings (SSSR count). The van der Waals surface area contributed by atoms with Crippen molar-refractivity contribution in [2.45, 2.75) is 26.7 Å². The largest absolute Gasteiger partial charge is 0.383 e. The van der Waals surface area contributed by atoms with Crippen LogP contribution in [-0.4, -0.2) is 36.0 Å². The van der Waals surface area contributed by atoms with E-state index in [0.717, 1.165) is 43.3 Å². The van der Waals surface area contributed by atoms with Gasteiger partial charge in [-0.2, -0.15) is 0 Å². The van der Waals surface area contributed by atoms with Gasteiger partial charge in [0.2, 0.25) is 0 Å². The van der Waals surface area contributed by atoms with E-state index in [-0.39, 0.29) is 10.6 Å². The van der Waals surface area contributed by atoms with Crippen molar-refractivity contribution in [3.63, 3.8) is 0 Å². The summed E-state index contributed by atoms with van der Waals surface area (Å²) in [4.78, 5) is 12.9. The van der Waals surface area contributed by atoms with Crippen molar-refractivity contribution in [2.75, 3.05) is 31.5 Å². The van der Waals surface area contributed by atoms with Crippen LogP contribution in [0.3, 0.4) is 0 Å². The Kier molecular flexibility index (Phi) is 4.95. The maximum atomic E-state index is 10.8. The first-order valence-corrected chi connectivity index (χ1v) is 7.27. The fraction of sp³-hybridized carbons (Fsp3) is 0.600. The molecule has 1 aromatic rings. The van der Waals surface area contributed by atoms with Gasteiger partial charge < -0.3 is 10.2 Å². The lowest BCUT2D eigenvalue weighted by Crippen LogP contribution is -2.36. The first-order chi connectivity index (χ1) is 9.56. The number of nitro benzene ring substituents is 1. The van der Waals surface area contributed by atoms with Crippen LogP contribution in [0.5, 0.6) is 0 Å². The van der Waals surface area contributed by atoms with Crippen LogP contribution in [0.15, 0.2) is 18.2 Å². The van der Waals surface area contributed by atoms with Gasteiger partial charge in [0, 0.05) is 30.9 Å². The third-order valence-corrected chi connectivity index (χ3v) is 4.05. The molecule has 5 heteroatoms. The Bertz CT molecular complexity index is 468. The average Bonchev–Trinajstić information content (AvgIpc) is 2.43. The molecule has 0 saturated carbocycles. The maximum Gasteiger partial charge on any atom is 0.271 e. The Morgan fingerprint density at radius 1 is 1.40 bits per heavy atom. The van der Waals surface area contributed by atoms with Crippen LogP contribution in [-0.2, 0) is 0 Å².